The Morgan fingerprint density at radius 1 is 1.21 bits per heavy atom. The van der Waals surface area contributed by atoms with Crippen LogP contribution in [0.4, 0.5) is 0 Å². The molecule has 1 aromatic heterocycles. The molecule has 0 spiro atoms. The predicted octanol–water partition coefficient (Wildman–Crippen LogP) is 0.148. The molecule has 2 saturated heterocycles. The number of nitrogens with zero attached hydrogens (tertiary/aromatic N) is 2. The smallest absolute Gasteiger partial charge is 0.290 e. The predicted molar refractivity (Wildman–Crippen MR) is 84.5 cm³/mol. The Kier molecular flexibility index (Phi) is 4.29. The number of methoxy groups -OCH3 is 1. The van der Waals surface area contributed by atoms with Crippen LogP contribution in [0.2, 0.25) is 0 Å². The summed E-state index contributed by atoms with van der Waals surface area (Å²) < 4.78 is 34.4. The summed E-state index contributed by atoms with van der Waals surface area (Å²) in [6.45, 7) is 2.35. The van der Waals surface area contributed by atoms with Crippen LogP contribution in [0, 0.1) is 0 Å². The lowest BCUT2D eigenvalue weighted by Gasteiger charge is -2.43. The summed E-state index contributed by atoms with van der Waals surface area (Å²) >= 11 is 0. The van der Waals surface area contributed by atoms with E-state index in [4.69, 9.17) is 9.15 Å². The summed E-state index contributed by atoms with van der Waals surface area (Å²) in [6.07, 6.45) is 0.312. The van der Waals surface area contributed by atoms with Crippen molar-refractivity contribution in [1.82, 2.24) is 9.80 Å². The van der Waals surface area contributed by atoms with Gasteiger partial charge in [-0.3, -0.25) is 9.59 Å². The molecule has 0 aromatic carbocycles. The maximum Gasteiger partial charge on any atom is 0.290 e. The van der Waals surface area contributed by atoms with E-state index in [9.17, 15) is 18.0 Å². The second-order valence-corrected chi connectivity index (χ2v) is 8.13. The molecule has 0 N–H and O–H groups in total. The van der Waals surface area contributed by atoms with Gasteiger partial charge in [0, 0.05) is 25.6 Å². The van der Waals surface area contributed by atoms with E-state index >= 15 is 0 Å². The number of sulfone groups is 1. The van der Waals surface area contributed by atoms with Crippen molar-refractivity contribution in [2.75, 3.05) is 31.7 Å². The summed E-state index contributed by atoms with van der Waals surface area (Å²) in [7, 11) is -1.86. The van der Waals surface area contributed by atoms with Gasteiger partial charge in [0.05, 0.1) is 30.7 Å². The summed E-state index contributed by atoms with van der Waals surface area (Å²) in [5.41, 5.74) is 0. The van der Waals surface area contributed by atoms with Crippen LogP contribution in [0.3, 0.4) is 0 Å². The van der Waals surface area contributed by atoms with E-state index in [1.54, 1.807) is 11.8 Å². The Morgan fingerprint density at radius 3 is 2.42 bits per heavy atom. The molecule has 2 fully saturated rings. The molecule has 8 nitrogen and oxygen atoms in total. The average molecular weight is 356 g/mol. The van der Waals surface area contributed by atoms with E-state index < -0.39 is 21.9 Å². The first-order chi connectivity index (χ1) is 11.4. The van der Waals surface area contributed by atoms with E-state index in [2.05, 4.69) is 0 Å². The number of furan rings is 1. The maximum absolute atomic E-state index is 12.7. The van der Waals surface area contributed by atoms with Gasteiger partial charge in [-0.25, -0.2) is 8.42 Å². The van der Waals surface area contributed by atoms with Crippen LogP contribution in [0.5, 0.6) is 5.95 Å². The number of hydrogen-bond acceptors (Lipinski definition) is 6. The number of rotatable bonds is 3. The van der Waals surface area contributed by atoms with Gasteiger partial charge in [0.2, 0.25) is 5.91 Å². The van der Waals surface area contributed by atoms with Gasteiger partial charge in [0.25, 0.3) is 11.9 Å². The SMILES string of the molecule is CCC(=O)N1CCN(C(=O)c2ccc(OC)o2)[C@H]2CS(=O)(=O)C[C@H]21. The molecule has 0 saturated carbocycles. The minimum atomic E-state index is -3.29. The summed E-state index contributed by atoms with van der Waals surface area (Å²) in [5.74, 6) is -0.384. The highest BCUT2D eigenvalue weighted by Crippen LogP contribution is 2.29. The lowest BCUT2D eigenvalue weighted by molar-refractivity contribution is -0.136. The first-order valence-electron chi connectivity index (χ1n) is 7.81. The highest BCUT2D eigenvalue weighted by atomic mass is 32.2. The van der Waals surface area contributed by atoms with E-state index in [-0.39, 0.29) is 41.6 Å². The Balaban J connectivity index is 1.88. The molecule has 1 aromatic rings. The van der Waals surface area contributed by atoms with Gasteiger partial charge in [-0.15, -0.1) is 0 Å². The number of fused-ring (bicyclic) bond motifs is 1. The second-order valence-electron chi connectivity index (χ2n) is 5.97. The van der Waals surface area contributed by atoms with Crippen LogP contribution in [-0.2, 0) is 14.6 Å². The number of carbonyl (C=O) groups excluding carboxylic acids is 2. The van der Waals surface area contributed by atoms with E-state index in [1.807, 2.05) is 0 Å². The Bertz CT molecular complexity index is 756. The topological polar surface area (TPSA) is 97.1 Å². The lowest BCUT2D eigenvalue weighted by Crippen LogP contribution is -2.61. The fourth-order valence-electron chi connectivity index (χ4n) is 3.40. The molecule has 2 aliphatic heterocycles. The quantitative estimate of drug-likeness (QED) is 0.765. The van der Waals surface area contributed by atoms with Crippen molar-refractivity contribution in [3.05, 3.63) is 17.9 Å². The fraction of sp³-hybridized carbons (Fsp3) is 0.600. The molecule has 0 unspecified atom stereocenters. The zero-order valence-electron chi connectivity index (χ0n) is 13.6. The van der Waals surface area contributed by atoms with Crippen LogP contribution in [0.25, 0.3) is 0 Å². The molecule has 24 heavy (non-hydrogen) atoms. The monoisotopic (exact) mass is 356 g/mol. The first kappa shape index (κ1) is 16.8. The standard InChI is InChI=1S/C15H20N2O6S/c1-3-13(18)16-6-7-17(11-9-24(20,21)8-10(11)16)15(19)12-4-5-14(22-2)23-12/h4-5,10-11H,3,6-9H2,1-2H3/t10-,11+/m1/s1. The van der Waals surface area contributed by atoms with Crippen LogP contribution >= 0.6 is 0 Å². The Hall–Kier alpha value is -2.03. The van der Waals surface area contributed by atoms with Crippen molar-refractivity contribution in [3.8, 4) is 5.95 Å². The number of amides is 2. The van der Waals surface area contributed by atoms with E-state index in [1.165, 1.54) is 24.1 Å². The van der Waals surface area contributed by atoms with Gasteiger partial charge < -0.3 is 19.0 Å². The highest BCUT2D eigenvalue weighted by molar-refractivity contribution is 7.91. The van der Waals surface area contributed by atoms with Gasteiger partial charge in [-0.1, -0.05) is 6.92 Å². The van der Waals surface area contributed by atoms with Gasteiger partial charge in [0.1, 0.15) is 0 Å². The van der Waals surface area contributed by atoms with Crippen LogP contribution in [0.15, 0.2) is 16.5 Å². The molecule has 2 atom stereocenters. The largest absolute Gasteiger partial charge is 0.468 e. The average Bonchev–Trinajstić information content (AvgIpc) is 3.15. The van der Waals surface area contributed by atoms with E-state index in [0.29, 0.717) is 13.0 Å². The van der Waals surface area contributed by atoms with Crippen molar-refractivity contribution in [1.29, 1.82) is 0 Å². The molecule has 3 rings (SSSR count). The van der Waals surface area contributed by atoms with Crippen molar-refractivity contribution in [3.63, 3.8) is 0 Å². The maximum atomic E-state index is 12.7. The van der Waals surface area contributed by atoms with Crippen LogP contribution < -0.4 is 4.74 Å². The first-order valence-corrected chi connectivity index (χ1v) is 9.63. The minimum absolute atomic E-state index is 0.0890. The molecule has 0 aliphatic carbocycles. The zero-order valence-corrected chi connectivity index (χ0v) is 14.4. The van der Waals surface area contributed by atoms with Gasteiger partial charge in [-0.2, -0.15) is 0 Å². The van der Waals surface area contributed by atoms with Crippen molar-refractivity contribution < 1.29 is 27.2 Å². The molecular formula is C15H20N2O6S. The number of hydrogen-bond donors (Lipinski definition) is 0. The molecule has 132 valence electrons. The minimum Gasteiger partial charge on any atom is -0.468 e. The third-order valence-electron chi connectivity index (χ3n) is 4.55. The molecular weight excluding hydrogens is 336 g/mol. The van der Waals surface area contributed by atoms with Crippen LogP contribution in [0.1, 0.15) is 23.9 Å². The highest BCUT2D eigenvalue weighted by Gasteiger charge is 2.49. The van der Waals surface area contributed by atoms with E-state index in [0.717, 1.165) is 0 Å². The normalized spacial score (nSPS) is 25.4. The van der Waals surface area contributed by atoms with Crippen LogP contribution in [-0.4, -0.2) is 73.8 Å². The molecule has 2 aliphatic rings. The van der Waals surface area contributed by atoms with Gasteiger partial charge in [0.15, 0.2) is 15.6 Å². The van der Waals surface area contributed by atoms with Gasteiger partial charge >= 0.3 is 0 Å². The Labute approximate surface area is 140 Å². The summed E-state index contributed by atoms with van der Waals surface area (Å²) in [6, 6.07) is 2.01. The summed E-state index contributed by atoms with van der Waals surface area (Å²) in [5, 5.41) is 0. The fourth-order valence-corrected chi connectivity index (χ4v) is 5.39. The summed E-state index contributed by atoms with van der Waals surface area (Å²) in [4.78, 5) is 27.9. The van der Waals surface area contributed by atoms with Crippen molar-refractivity contribution >= 4 is 21.7 Å². The second kappa shape index (κ2) is 6.12. The van der Waals surface area contributed by atoms with Crippen molar-refractivity contribution in [2.45, 2.75) is 25.4 Å². The number of ether oxygens (including phenoxy) is 1. The number of carbonyl (C=O) groups is 2. The van der Waals surface area contributed by atoms with Crippen molar-refractivity contribution in [2.24, 2.45) is 0 Å². The third-order valence-corrected chi connectivity index (χ3v) is 6.25. The zero-order chi connectivity index (χ0) is 17.5. The molecule has 0 bridgehead atoms. The van der Waals surface area contributed by atoms with Gasteiger partial charge in [-0.05, 0) is 6.07 Å². The third kappa shape index (κ3) is 2.88. The Morgan fingerprint density at radius 2 is 1.83 bits per heavy atom. The lowest BCUT2D eigenvalue weighted by atomic mass is 10.0. The molecule has 2 amide bonds. The molecule has 9 heteroatoms. The molecule has 0 radical (unpaired) electrons. The molecule has 3 heterocycles. The number of piperazine rings is 1.